The van der Waals surface area contributed by atoms with E-state index in [0.29, 0.717) is 12.8 Å². The second-order valence-electron chi connectivity index (χ2n) is 16.3. The van der Waals surface area contributed by atoms with Gasteiger partial charge in [0, 0.05) is 19.3 Å². The highest BCUT2D eigenvalue weighted by Crippen LogP contribution is 2.14. The van der Waals surface area contributed by atoms with Gasteiger partial charge in [-0.15, -0.1) is 0 Å². The first kappa shape index (κ1) is 58.3. The molecule has 6 heteroatoms. The van der Waals surface area contributed by atoms with Crippen molar-refractivity contribution in [2.24, 2.45) is 0 Å². The molecule has 0 aliphatic rings. The Kier molecular flexibility index (Phi) is 47.0. The SMILES string of the molecule is CC/C=C\C/C=C\C/C=C\C/C=C\C/C=C\CCCCCC(=O)OCC(COC(=O)CCCCCCCCCCCCCC)OC(=O)CCCCC/C=C\C/C=C\C/C=C\CC. The van der Waals surface area contributed by atoms with Crippen LogP contribution in [0.15, 0.2) is 97.2 Å². The van der Waals surface area contributed by atoms with Gasteiger partial charge in [0.05, 0.1) is 0 Å². The number of ether oxygens (including phenoxy) is 3. The second-order valence-corrected chi connectivity index (χ2v) is 16.3. The van der Waals surface area contributed by atoms with Crippen molar-refractivity contribution in [2.75, 3.05) is 13.2 Å². The Morgan fingerprint density at radius 2 is 0.629 bits per heavy atom. The maximum Gasteiger partial charge on any atom is 0.306 e. The van der Waals surface area contributed by atoms with Crippen LogP contribution in [0.2, 0.25) is 0 Å². The standard InChI is InChI=1S/C56H92O6/c1-4-7-10-13-16-19-22-25-26-27-28-29-30-32-34-37-40-43-46-49-55(58)61-52-53(51-60-54(57)48-45-42-39-36-33-24-21-18-15-12-9-6-3)62-56(59)50-47-44-41-38-35-31-23-20-17-14-11-8-5-2/h7-8,10-11,16-17,19-20,25-26,28-29,31-32,34-35,53H,4-6,9,12-15,18,21-24,27,30,33,36-52H2,1-3H3/b10-7-,11-8-,19-16-,20-17-,26-25-,29-28-,34-32-,35-31-. The van der Waals surface area contributed by atoms with Gasteiger partial charge in [0.15, 0.2) is 6.10 Å². The van der Waals surface area contributed by atoms with Crippen LogP contribution in [0.1, 0.15) is 220 Å². The van der Waals surface area contributed by atoms with E-state index in [2.05, 4.69) is 118 Å². The Bertz CT molecular complexity index is 1260. The summed E-state index contributed by atoms with van der Waals surface area (Å²) in [5.74, 6) is -0.967. The molecule has 0 bridgehead atoms. The largest absolute Gasteiger partial charge is 0.462 e. The minimum atomic E-state index is -0.804. The quantitative estimate of drug-likeness (QED) is 0.0263. The highest BCUT2D eigenvalue weighted by Gasteiger charge is 2.19. The van der Waals surface area contributed by atoms with Gasteiger partial charge in [-0.3, -0.25) is 14.4 Å². The number of esters is 3. The molecule has 0 rings (SSSR count). The van der Waals surface area contributed by atoms with Gasteiger partial charge in [-0.05, 0) is 96.3 Å². The molecule has 0 aliphatic carbocycles. The average Bonchev–Trinajstić information content (AvgIpc) is 3.27. The molecular weight excluding hydrogens is 769 g/mol. The maximum atomic E-state index is 12.8. The van der Waals surface area contributed by atoms with Gasteiger partial charge >= 0.3 is 17.9 Å². The molecule has 0 radical (unpaired) electrons. The van der Waals surface area contributed by atoms with Crippen molar-refractivity contribution in [2.45, 2.75) is 226 Å². The average molecular weight is 861 g/mol. The topological polar surface area (TPSA) is 78.9 Å². The Morgan fingerprint density at radius 1 is 0.339 bits per heavy atom. The number of carbonyl (C=O) groups excluding carboxylic acids is 3. The first-order valence-corrected chi connectivity index (χ1v) is 25.2. The lowest BCUT2D eigenvalue weighted by atomic mass is 10.0. The summed E-state index contributed by atoms with van der Waals surface area (Å²) in [4.78, 5) is 37.9. The van der Waals surface area contributed by atoms with Crippen LogP contribution in [0.4, 0.5) is 0 Å². The molecule has 1 atom stereocenters. The molecule has 0 spiro atoms. The lowest BCUT2D eigenvalue weighted by Gasteiger charge is -2.18. The predicted molar refractivity (Wildman–Crippen MR) is 265 cm³/mol. The van der Waals surface area contributed by atoms with Crippen LogP contribution in [-0.2, 0) is 28.6 Å². The third-order valence-electron chi connectivity index (χ3n) is 10.3. The van der Waals surface area contributed by atoms with Crippen molar-refractivity contribution in [1.82, 2.24) is 0 Å². The third-order valence-corrected chi connectivity index (χ3v) is 10.3. The van der Waals surface area contributed by atoms with Gasteiger partial charge in [0.25, 0.3) is 0 Å². The molecule has 0 aliphatic heterocycles. The maximum absolute atomic E-state index is 12.8. The highest BCUT2D eigenvalue weighted by molar-refractivity contribution is 5.71. The molecule has 0 N–H and O–H groups in total. The fraction of sp³-hybridized carbons (Fsp3) is 0.661. The number of hydrogen-bond acceptors (Lipinski definition) is 6. The Hall–Kier alpha value is -3.67. The van der Waals surface area contributed by atoms with Crippen LogP contribution >= 0.6 is 0 Å². The lowest BCUT2D eigenvalue weighted by Crippen LogP contribution is -2.30. The zero-order valence-electron chi connectivity index (χ0n) is 40.1. The number of carbonyl (C=O) groups is 3. The lowest BCUT2D eigenvalue weighted by molar-refractivity contribution is -0.167. The van der Waals surface area contributed by atoms with Crippen LogP contribution in [0.5, 0.6) is 0 Å². The molecule has 62 heavy (non-hydrogen) atoms. The number of unbranched alkanes of at least 4 members (excludes halogenated alkanes) is 17. The fourth-order valence-electron chi connectivity index (χ4n) is 6.60. The zero-order valence-corrected chi connectivity index (χ0v) is 40.1. The monoisotopic (exact) mass is 861 g/mol. The zero-order chi connectivity index (χ0) is 45.1. The van der Waals surface area contributed by atoms with E-state index in [4.69, 9.17) is 14.2 Å². The van der Waals surface area contributed by atoms with Crippen LogP contribution in [0, 0.1) is 0 Å². The molecule has 0 aromatic carbocycles. The Labute approximate surface area is 381 Å². The number of rotatable bonds is 44. The third kappa shape index (κ3) is 47.4. The highest BCUT2D eigenvalue weighted by atomic mass is 16.6. The van der Waals surface area contributed by atoms with Crippen LogP contribution < -0.4 is 0 Å². The van der Waals surface area contributed by atoms with Gasteiger partial charge in [0.1, 0.15) is 13.2 Å². The van der Waals surface area contributed by atoms with Crippen molar-refractivity contribution >= 4 is 17.9 Å². The smallest absolute Gasteiger partial charge is 0.306 e. The summed E-state index contributed by atoms with van der Waals surface area (Å²) in [5, 5.41) is 0. The molecule has 0 amide bonds. The summed E-state index contributed by atoms with van der Waals surface area (Å²) in [6, 6.07) is 0. The summed E-state index contributed by atoms with van der Waals surface area (Å²) >= 11 is 0. The summed E-state index contributed by atoms with van der Waals surface area (Å²) in [5.41, 5.74) is 0. The van der Waals surface area contributed by atoms with E-state index in [9.17, 15) is 14.4 Å². The molecule has 352 valence electrons. The van der Waals surface area contributed by atoms with E-state index in [-0.39, 0.29) is 37.5 Å². The van der Waals surface area contributed by atoms with Crippen LogP contribution in [0.3, 0.4) is 0 Å². The minimum Gasteiger partial charge on any atom is -0.462 e. The van der Waals surface area contributed by atoms with Crippen molar-refractivity contribution in [1.29, 1.82) is 0 Å². The summed E-state index contributed by atoms with van der Waals surface area (Å²) < 4.78 is 16.7. The van der Waals surface area contributed by atoms with E-state index in [1.807, 2.05) is 0 Å². The van der Waals surface area contributed by atoms with E-state index < -0.39 is 6.10 Å². The number of allylic oxidation sites excluding steroid dienone is 16. The molecule has 0 aromatic rings. The molecule has 0 heterocycles. The summed E-state index contributed by atoms with van der Waals surface area (Å²) in [7, 11) is 0. The molecule has 0 aromatic heterocycles. The van der Waals surface area contributed by atoms with E-state index in [0.717, 1.165) is 122 Å². The van der Waals surface area contributed by atoms with Crippen LogP contribution in [-0.4, -0.2) is 37.2 Å². The Balaban J connectivity index is 4.47. The molecule has 0 saturated carbocycles. The first-order valence-electron chi connectivity index (χ1n) is 25.2. The molecule has 0 saturated heterocycles. The molecule has 0 fully saturated rings. The molecule has 6 nitrogen and oxygen atoms in total. The first-order chi connectivity index (χ1) is 30.5. The predicted octanol–water partition coefficient (Wildman–Crippen LogP) is 16.6. The van der Waals surface area contributed by atoms with Gasteiger partial charge in [0.2, 0.25) is 0 Å². The van der Waals surface area contributed by atoms with Crippen LogP contribution in [0.25, 0.3) is 0 Å². The Morgan fingerprint density at radius 3 is 0.984 bits per heavy atom. The van der Waals surface area contributed by atoms with E-state index >= 15 is 0 Å². The summed E-state index contributed by atoms with van der Waals surface area (Å²) in [6.45, 7) is 6.34. The van der Waals surface area contributed by atoms with Gasteiger partial charge in [-0.2, -0.15) is 0 Å². The molecule has 1 unspecified atom stereocenters. The van der Waals surface area contributed by atoms with Crippen molar-refractivity contribution in [3.8, 4) is 0 Å². The number of hydrogen-bond donors (Lipinski definition) is 0. The second kappa shape index (κ2) is 50.0. The van der Waals surface area contributed by atoms with Gasteiger partial charge in [-0.25, -0.2) is 0 Å². The van der Waals surface area contributed by atoms with E-state index in [1.54, 1.807) is 0 Å². The van der Waals surface area contributed by atoms with Crippen molar-refractivity contribution in [3.05, 3.63) is 97.2 Å². The van der Waals surface area contributed by atoms with Gasteiger partial charge in [-0.1, -0.05) is 201 Å². The fourth-order valence-corrected chi connectivity index (χ4v) is 6.60. The van der Waals surface area contributed by atoms with E-state index in [1.165, 1.54) is 57.8 Å². The van der Waals surface area contributed by atoms with Gasteiger partial charge < -0.3 is 14.2 Å². The summed E-state index contributed by atoms with van der Waals surface area (Å²) in [6.07, 6.45) is 65.3. The molecular formula is C56H92O6. The van der Waals surface area contributed by atoms with Crippen molar-refractivity contribution in [3.63, 3.8) is 0 Å². The minimum absolute atomic E-state index is 0.0997. The van der Waals surface area contributed by atoms with Crippen molar-refractivity contribution < 1.29 is 28.6 Å². The normalized spacial score (nSPS) is 12.9.